The highest BCUT2D eigenvalue weighted by atomic mass is 35.5. The number of nitrogens with zero attached hydrogens (tertiary/aromatic N) is 1. The second kappa shape index (κ2) is 9.72. The van der Waals surface area contributed by atoms with E-state index in [1.165, 1.54) is 30.0 Å². The highest BCUT2D eigenvalue weighted by Gasteiger charge is 2.73. The predicted octanol–water partition coefficient (Wildman–Crippen LogP) is 5.63. The fraction of sp³-hybridized carbons (Fsp3) is 0.586. The molecule has 4 aliphatic carbocycles. The Hall–Kier alpha value is -1.74. The number of halogens is 3. The maximum atomic E-state index is 17.4. The van der Waals surface area contributed by atoms with E-state index in [1.54, 1.807) is 31.2 Å². The molecule has 0 spiro atoms. The first-order chi connectivity index (χ1) is 17.9. The Bertz CT molecular complexity index is 1190. The molecule has 38 heavy (non-hydrogen) atoms. The molecule has 206 valence electrons. The molecule has 0 amide bonds. The first-order valence-corrected chi connectivity index (χ1v) is 14.8. The average molecular weight is 566 g/mol. The number of ketones is 2. The van der Waals surface area contributed by atoms with E-state index in [-0.39, 0.29) is 48.2 Å². The number of alkyl halides is 2. The van der Waals surface area contributed by atoms with Gasteiger partial charge in [-0.25, -0.2) is 8.78 Å². The van der Waals surface area contributed by atoms with Gasteiger partial charge in [0, 0.05) is 28.8 Å². The molecule has 0 aromatic heterocycles. The Kier molecular flexibility index (Phi) is 7.11. The number of aliphatic hydroxyl groups is 1. The van der Waals surface area contributed by atoms with E-state index in [0.29, 0.717) is 17.1 Å². The van der Waals surface area contributed by atoms with E-state index in [4.69, 9.17) is 11.6 Å². The van der Waals surface area contributed by atoms with Crippen molar-refractivity contribution in [3.05, 3.63) is 53.1 Å². The Labute approximate surface area is 231 Å². The Morgan fingerprint density at radius 3 is 2.55 bits per heavy atom. The molecule has 3 fully saturated rings. The molecular weight excluding hydrogens is 532 g/mol. The van der Waals surface area contributed by atoms with Crippen LogP contribution in [-0.4, -0.2) is 58.4 Å². The number of carbonyl (C=O) groups excluding carboxylic acids is 2. The van der Waals surface area contributed by atoms with E-state index >= 15 is 8.78 Å². The minimum atomic E-state index is -2.19. The first kappa shape index (κ1) is 27.8. The summed E-state index contributed by atoms with van der Waals surface area (Å²) in [7, 11) is 0. The summed E-state index contributed by atoms with van der Waals surface area (Å²) in [5, 5.41) is 24.1. The molecule has 9 heteroatoms. The van der Waals surface area contributed by atoms with Crippen molar-refractivity contribution >= 4 is 40.6 Å². The summed E-state index contributed by atoms with van der Waals surface area (Å²) in [5.41, 5.74) is -3.83. The zero-order valence-corrected chi connectivity index (χ0v) is 23.3. The van der Waals surface area contributed by atoms with Gasteiger partial charge in [0.25, 0.3) is 0 Å². The van der Waals surface area contributed by atoms with Gasteiger partial charge in [0.1, 0.15) is 12.0 Å². The monoisotopic (exact) mass is 565 g/mol. The Balaban J connectivity index is 1.54. The summed E-state index contributed by atoms with van der Waals surface area (Å²) in [4.78, 5) is 25.6. The van der Waals surface area contributed by atoms with Crippen molar-refractivity contribution in [2.24, 2.45) is 34.5 Å². The number of benzene rings is 1. The zero-order chi connectivity index (χ0) is 27.6. The number of anilines is 1. The van der Waals surface area contributed by atoms with Gasteiger partial charge in [0.05, 0.1) is 17.5 Å². The molecule has 5 nitrogen and oxygen atoms in total. The number of carbonyl (C=O) groups is 2. The van der Waals surface area contributed by atoms with Crippen LogP contribution in [0, 0.1) is 34.5 Å². The minimum Gasteiger partial charge on any atom is -0.390 e. The van der Waals surface area contributed by atoms with E-state index in [2.05, 4.69) is 0 Å². The molecule has 0 saturated heterocycles. The molecule has 0 heterocycles. The molecule has 3 saturated carbocycles. The van der Waals surface area contributed by atoms with Crippen LogP contribution in [0.2, 0.25) is 5.02 Å². The summed E-state index contributed by atoms with van der Waals surface area (Å²) in [6, 6.07) is 6.69. The van der Waals surface area contributed by atoms with Gasteiger partial charge in [-0.05, 0) is 91.7 Å². The van der Waals surface area contributed by atoms with Crippen molar-refractivity contribution in [1.82, 2.24) is 0 Å². The second-order valence-corrected chi connectivity index (χ2v) is 13.2. The van der Waals surface area contributed by atoms with Crippen molar-refractivity contribution in [2.45, 2.75) is 51.1 Å². The summed E-state index contributed by atoms with van der Waals surface area (Å²) >= 11 is 7.40. The summed E-state index contributed by atoms with van der Waals surface area (Å²) in [5.74, 6) is -2.23. The molecule has 1 aromatic rings. The molecule has 1 unspecified atom stereocenters. The molecular formula is C29H34ClF2NO4S. The number of hydrogen-bond acceptors (Lipinski definition) is 6. The van der Waals surface area contributed by atoms with Crippen LogP contribution in [0.5, 0.6) is 0 Å². The second-order valence-electron chi connectivity index (χ2n) is 11.9. The molecule has 4 aliphatic rings. The number of Topliss-reactive ketones (excluding diaryl/α,β-unsaturated/α-hetero) is 1. The fourth-order valence-electron chi connectivity index (χ4n) is 8.37. The van der Waals surface area contributed by atoms with Gasteiger partial charge < -0.3 is 5.11 Å². The van der Waals surface area contributed by atoms with Crippen LogP contribution in [0.25, 0.3) is 0 Å². The van der Waals surface area contributed by atoms with E-state index in [9.17, 15) is 19.9 Å². The van der Waals surface area contributed by atoms with Crippen LogP contribution in [0.1, 0.15) is 33.1 Å². The van der Waals surface area contributed by atoms with Crippen molar-refractivity contribution in [3.8, 4) is 0 Å². The van der Waals surface area contributed by atoms with Gasteiger partial charge in [-0.2, -0.15) is 11.8 Å². The van der Waals surface area contributed by atoms with Crippen LogP contribution in [-0.2, 0) is 9.59 Å². The van der Waals surface area contributed by atoms with Gasteiger partial charge in [0.2, 0.25) is 0 Å². The topological polar surface area (TPSA) is 77.8 Å². The first-order valence-electron chi connectivity index (χ1n) is 13.1. The van der Waals surface area contributed by atoms with Gasteiger partial charge in [0.15, 0.2) is 11.5 Å². The van der Waals surface area contributed by atoms with Crippen LogP contribution in [0.15, 0.2) is 48.1 Å². The third-order valence-corrected chi connectivity index (χ3v) is 10.8. The molecule has 5 rings (SSSR count). The number of hydroxylamine groups is 1. The van der Waals surface area contributed by atoms with Gasteiger partial charge >= 0.3 is 0 Å². The molecule has 0 bridgehead atoms. The van der Waals surface area contributed by atoms with Crippen LogP contribution < -0.4 is 5.06 Å². The summed E-state index contributed by atoms with van der Waals surface area (Å²) in [6.45, 7) is 3.64. The normalized spacial score (nSPS) is 41.7. The Morgan fingerprint density at radius 2 is 1.89 bits per heavy atom. The van der Waals surface area contributed by atoms with Crippen LogP contribution in [0.4, 0.5) is 14.5 Å². The van der Waals surface area contributed by atoms with Gasteiger partial charge in [-0.3, -0.25) is 19.9 Å². The van der Waals surface area contributed by atoms with Crippen molar-refractivity contribution in [1.29, 1.82) is 0 Å². The van der Waals surface area contributed by atoms with Crippen LogP contribution >= 0.6 is 23.4 Å². The van der Waals surface area contributed by atoms with Crippen molar-refractivity contribution in [2.75, 3.05) is 23.6 Å². The minimum absolute atomic E-state index is 0.00173. The maximum absolute atomic E-state index is 17.4. The summed E-state index contributed by atoms with van der Waals surface area (Å²) in [6.07, 6.45) is 3.03. The number of rotatable bonds is 6. The number of allylic oxidation sites excluding steroid dienone is 4. The molecule has 0 radical (unpaired) electrons. The van der Waals surface area contributed by atoms with Crippen molar-refractivity contribution in [3.63, 3.8) is 0 Å². The smallest absolute Gasteiger partial charge is 0.178 e. The van der Waals surface area contributed by atoms with E-state index < -0.39 is 46.5 Å². The Morgan fingerprint density at radius 1 is 1.21 bits per heavy atom. The lowest BCUT2D eigenvalue weighted by Gasteiger charge is -2.62. The third kappa shape index (κ3) is 4.01. The predicted molar refractivity (Wildman–Crippen MR) is 145 cm³/mol. The lowest BCUT2D eigenvalue weighted by Crippen LogP contribution is -2.68. The average Bonchev–Trinajstić information content (AvgIpc) is 3.14. The van der Waals surface area contributed by atoms with Gasteiger partial charge in [-0.15, -0.1) is 0 Å². The lowest BCUT2D eigenvalue weighted by atomic mass is 9.45. The maximum Gasteiger partial charge on any atom is 0.178 e. The molecule has 0 aliphatic heterocycles. The standard InChI is InChI=1S/C29H34ClF2NO4S/c1-27-13-25(36)29(32)21(12-23(31)22-11-19(34)8-9-28(22,29)2)20(27)10-16(26(27)24(35)15-38-3)14-33(37)18-6-4-17(30)5-7-18/h4-9,11,16,20-21,23,25-26,36-37H,10,12-15H2,1-3H3/t16?,20-,21-,23-,25-,26+,27-,28-,29-/m0/s1. The SMILES string of the molecule is CSCC(=O)[C@H]1C(CN(O)c2ccc(Cl)cc2)C[C@H]2[C@@H]3C[C@H](F)C4=CC(=O)C=C[C@]4(C)[C@@]3(F)[C@@H](O)C[C@]12C. The third-order valence-electron chi connectivity index (χ3n) is 9.97. The number of fused-ring (bicyclic) bond motifs is 5. The number of hydrogen-bond donors (Lipinski definition) is 2. The van der Waals surface area contributed by atoms with E-state index in [1.807, 2.05) is 13.2 Å². The zero-order valence-electron chi connectivity index (χ0n) is 21.7. The molecule has 1 aromatic carbocycles. The highest BCUT2D eigenvalue weighted by Crippen LogP contribution is 2.70. The quantitative estimate of drug-likeness (QED) is 0.435. The largest absolute Gasteiger partial charge is 0.390 e. The fourth-order valence-corrected chi connectivity index (χ4v) is 8.96. The van der Waals surface area contributed by atoms with Crippen LogP contribution in [0.3, 0.4) is 0 Å². The number of thioether (sulfide) groups is 1. The molecule has 2 N–H and O–H groups in total. The molecule has 9 atom stereocenters. The van der Waals surface area contributed by atoms with Crippen molar-refractivity contribution < 1.29 is 28.7 Å². The highest BCUT2D eigenvalue weighted by molar-refractivity contribution is 7.99. The van der Waals surface area contributed by atoms with Gasteiger partial charge in [-0.1, -0.05) is 24.6 Å². The van der Waals surface area contributed by atoms with E-state index in [0.717, 1.165) is 5.06 Å². The summed E-state index contributed by atoms with van der Waals surface area (Å²) < 4.78 is 33.1. The lowest BCUT2D eigenvalue weighted by molar-refractivity contribution is -0.201. The number of aliphatic hydroxyl groups excluding tert-OH is 1.